The Balaban J connectivity index is 1.52. The van der Waals surface area contributed by atoms with Crippen LogP contribution in [0, 0.1) is 0 Å². The lowest BCUT2D eigenvalue weighted by atomic mass is 9.95. The van der Waals surface area contributed by atoms with Crippen LogP contribution in [0.4, 0.5) is 4.79 Å². The molecule has 3 heterocycles. The molecular formula is C16H23N5O2S. The van der Waals surface area contributed by atoms with Gasteiger partial charge in [0.15, 0.2) is 0 Å². The van der Waals surface area contributed by atoms with Crippen molar-refractivity contribution in [1.82, 2.24) is 25.4 Å². The summed E-state index contributed by atoms with van der Waals surface area (Å²) in [5.74, 6) is 0.334. The summed E-state index contributed by atoms with van der Waals surface area (Å²) in [6.45, 7) is 3.91. The van der Waals surface area contributed by atoms with Crippen molar-refractivity contribution in [3.63, 3.8) is 0 Å². The average Bonchev–Trinajstić information content (AvgIpc) is 3.30. The Hall–Kier alpha value is -1.93. The Labute approximate surface area is 145 Å². The van der Waals surface area contributed by atoms with E-state index in [1.165, 1.54) is 0 Å². The highest BCUT2D eigenvalue weighted by atomic mass is 32.1. The number of nitrogens with one attached hydrogen (secondary N) is 2. The van der Waals surface area contributed by atoms with Crippen molar-refractivity contribution < 1.29 is 9.53 Å². The highest BCUT2D eigenvalue weighted by Gasteiger charge is 2.25. The van der Waals surface area contributed by atoms with Crippen molar-refractivity contribution in [3.05, 3.63) is 34.0 Å². The number of methoxy groups -OCH3 is 1. The van der Waals surface area contributed by atoms with Gasteiger partial charge in [0.05, 0.1) is 12.2 Å². The number of hydrogen-bond donors (Lipinski definition) is 2. The van der Waals surface area contributed by atoms with Crippen molar-refractivity contribution >= 4 is 17.4 Å². The van der Waals surface area contributed by atoms with Gasteiger partial charge in [0.2, 0.25) is 0 Å². The van der Waals surface area contributed by atoms with E-state index in [-0.39, 0.29) is 12.1 Å². The topological polar surface area (TPSA) is 83.1 Å². The first kappa shape index (κ1) is 16.9. The maximum atomic E-state index is 12.4. The smallest absolute Gasteiger partial charge is 0.317 e. The maximum absolute atomic E-state index is 12.4. The standard InChI is InChI=1S/C16H23N5O2S/c1-11(23-2)15-19-13(10-24-15)8-17-16(22)21-7-3-4-12(9-21)14-5-6-18-20-14/h5-6,10-12H,3-4,7-9H2,1-2H3,(H,17,22)(H,18,20)/t11-,12+/m0/s1. The average molecular weight is 349 g/mol. The second-order valence-corrected chi connectivity index (χ2v) is 6.90. The maximum Gasteiger partial charge on any atom is 0.317 e. The fourth-order valence-electron chi connectivity index (χ4n) is 2.88. The van der Waals surface area contributed by atoms with Crippen molar-refractivity contribution in [2.45, 2.75) is 38.3 Å². The molecule has 0 aliphatic carbocycles. The first-order chi connectivity index (χ1) is 11.7. The quantitative estimate of drug-likeness (QED) is 0.869. The molecule has 0 radical (unpaired) electrons. The molecule has 2 amide bonds. The molecule has 1 aliphatic heterocycles. The molecular weight excluding hydrogens is 326 g/mol. The zero-order chi connectivity index (χ0) is 16.9. The van der Waals surface area contributed by atoms with Gasteiger partial charge in [-0.1, -0.05) is 0 Å². The van der Waals surface area contributed by atoms with Gasteiger partial charge in [0, 0.05) is 43.4 Å². The van der Waals surface area contributed by atoms with Crippen LogP contribution in [-0.4, -0.2) is 46.3 Å². The minimum atomic E-state index is -0.0337. The summed E-state index contributed by atoms with van der Waals surface area (Å²) >= 11 is 1.56. The molecule has 1 saturated heterocycles. The molecule has 24 heavy (non-hydrogen) atoms. The van der Waals surface area contributed by atoms with Gasteiger partial charge < -0.3 is 15.0 Å². The van der Waals surface area contributed by atoms with Crippen LogP contribution in [0.1, 0.15) is 48.2 Å². The van der Waals surface area contributed by atoms with Crippen LogP contribution in [0.3, 0.4) is 0 Å². The minimum absolute atomic E-state index is 0.0169. The van der Waals surface area contributed by atoms with E-state index in [2.05, 4.69) is 20.5 Å². The Morgan fingerprint density at radius 1 is 1.62 bits per heavy atom. The fourth-order valence-corrected chi connectivity index (χ4v) is 3.73. The molecule has 130 valence electrons. The molecule has 0 saturated carbocycles. The van der Waals surface area contributed by atoms with Gasteiger partial charge in [-0.3, -0.25) is 5.10 Å². The van der Waals surface area contributed by atoms with Crippen LogP contribution in [0.15, 0.2) is 17.6 Å². The highest BCUT2D eigenvalue weighted by molar-refractivity contribution is 7.09. The van der Waals surface area contributed by atoms with Crippen LogP contribution < -0.4 is 5.32 Å². The molecule has 3 rings (SSSR count). The summed E-state index contributed by atoms with van der Waals surface area (Å²) in [6, 6.07) is 1.95. The van der Waals surface area contributed by atoms with Crippen LogP contribution in [-0.2, 0) is 11.3 Å². The molecule has 2 aromatic heterocycles. The van der Waals surface area contributed by atoms with Gasteiger partial charge in [-0.2, -0.15) is 5.10 Å². The van der Waals surface area contributed by atoms with Crippen molar-refractivity contribution in [2.75, 3.05) is 20.2 Å². The van der Waals surface area contributed by atoms with Crippen molar-refractivity contribution in [2.24, 2.45) is 0 Å². The number of hydrogen-bond acceptors (Lipinski definition) is 5. The number of rotatable bonds is 5. The lowest BCUT2D eigenvalue weighted by molar-refractivity contribution is 0.119. The van der Waals surface area contributed by atoms with E-state index in [1.807, 2.05) is 23.3 Å². The number of ether oxygens (including phenoxy) is 1. The summed E-state index contributed by atoms with van der Waals surface area (Å²) in [5.41, 5.74) is 1.97. The van der Waals surface area contributed by atoms with Gasteiger partial charge in [0.25, 0.3) is 0 Å². The van der Waals surface area contributed by atoms with E-state index in [4.69, 9.17) is 4.74 Å². The number of piperidine rings is 1. The van der Waals surface area contributed by atoms with Crippen LogP contribution in [0.25, 0.3) is 0 Å². The van der Waals surface area contributed by atoms with E-state index >= 15 is 0 Å². The third kappa shape index (κ3) is 3.93. The normalized spacial score (nSPS) is 19.2. The summed E-state index contributed by atoms with van der Waals surface area (Å²) in [6.07, 6.45) is 3.83. The number of carbonyl (C=O) groups excluding carboxylic acids is 1. The predicted octanol–water partition coefficient (Wildman–Crippen LogP) is 2.66. The zero-order valence-corrected chi connectivity index (χ0v) is 14.8. The number of carbonyl (C=O) groups is 1. The number of amides is 2. The van der Waals surface area contributed by atoms with Crippen molar-refractivity contribution in [1.29, 1.82) is 0 Å². The molecule has 1 fully saturated rings. The number of aromatic nitrogens is 3. The molecule has 7 nitrogen and oxygen atoms in total. The molecule has 1 aliphatic rings. The fraction of sp³-hybridized carbons (Fsp3) is 0.562. The van der Waals surface area contributed by atoms with E-state index in [1.54, 1.807) is 24.6 Å². The highest BCUT2D eigenvalue weighted by Crippen LogP contribution is 2.25. The number of likely N-dealkylation sites (tertiary alicyclic amines) is 1. The Kier molecular flexibility index (Phi) is 5.47. The molecule has 8 heteroatoms. The first-order valence-electron chi connectivity index (χ1n) is 8.16. The number of aromatic amines is 1. The molecule has 2 aromatic rings. The second kappa shape index (κ2) is 7.76. The van der Waals surface area contributed by atoms with Gasteiger partial charge in [-0.05, 0) is 25.8 Å². The monoisotopic (exact) mass is 349 g/mol. The zero-order valence-electron chi connectivity index (χ0n) is 14.0. The Morgan fingerprint density at radius 2 is 2.50 bits per heavy atom. The Bertz CT molecular complexity index is 657. The summed E-state index contributed by atoms with van der Waals surface area (Å²) in [5, 5.41) is 12.9. The third-order valence-electron chi connectivity index (χ3n) is 4.36. The molecule has 2 N–H and O–H groups in total. The molecule has 0 spiro atoms. The SMILES string of the molecule is CO[C@@H](C)c1nc(CNC(=O)N2CCC[C@@H](c3ccn[nH]3)C2)cs1. The van der Waals surface area contributed by atoms with Gasteiger partial charge in [0.1, 0.15) is 11.1 Å². The van der Waals surface area contributed by atoms with E-state index in [9.17, 15) is 4.79 Å². The lowest BCUT2D eigenvalue weighted by Crippen LogP contribution is -2.44. The second-order valence-electron chi connectivity index (χ2n) is 6.01. The van der Waals surface area contributed by atoms with E-state index < -0.39 is 0 Å². The summed E-state index contributed by atoms with van der Waals surface area (Å²) < 4.78 is 5.26. The Morgan fingerprint density at radius 3 is 3.25 bits per heavy atom. The molecule has 0 aromatic carbocycles. The van der Waals surface area contributed by atoms with Crippen LogP contribution in [0.2, 0.25) is 0 Å². The first-order valence-corrected chi connectivity index (χ1v) is 9.04. The summed E-state index contributed by atoms with van der Waals surface area (Å²) in [7, 11) is 1.67. The minimum Gasteiger partial charge on any atom is -0.375 e. The molecule has 0 unspecified atom stereocenters. The van der Waals surface area contributed by atoms with Crippen molar-refractivity contribution in [3.8, 4) is 0 Å². The number of H-pyrrole nitrogens is 1. The summed E-state index contributed by atoms with van der Waals surface area (Å²) in [4.78, 5) is 18.8. The predicted molar refractivity (Wildman–Crippen MR) is 91.9 cm³/mol. The van der Waals surface area contributed by atoms with Gasteiger partial charge in [-0.15, -0.1) is 11.3 Å². The van der Waals surface area contributed by atoms with Gasteiger partial charge >= 0.3 is 6.03 Å². The van der Waals surface area contributed by atoms with Crippen LogP contribution >= 0.6 is 11.3 Å². The number of thiazole rings is 1. The van der Waals surface area contributed by atoms with E-state index in [0.29, 0.717) is 12.5 Å². The number of nitrogens with zero attached hydrogens (tertiary/aromatic N) is 3. The number of urea groups is 1. The molecule has 2 atom stereocenters. The third-order valence-corrected chi connectivity index (χ3v) is 5.42. The van der Waals surface area contributed by atoms with Crippen LogP contribution in [0.5, 0.6) is 0 Å². The van der Waals surface area contributed by atoms with E-state index in [0.717, 1.165) is 42.3 Å². The van der Waals surface area contributed by atoms with Gasteiger partial charge in [-0.25, -0.2) is 9.78 Å². The largest absolute Gasteiger partial charge is 0.375 e. The molecule has 0 bridgehead atoms. The lowest BCUT2D eigenvalue weighted by Gasteiger charge is -2.32.